The third-order valence-electron chi connectivity index (χ3n) is 1.74. The summed E-state index contributed by atoms with van der Waals surface area (Å²) in [6, 6.07) is 6.57. The van der Waals surface area contributed by atoms with Crippen molar-refractivity contribution in [1.82, 2.24) is 0 Å². The first kappa shape index (κ1) is 11.7. The summed E-state index contributed by atoms with van der Waals surface area (Å²) in [5.74, 6) is 1.97. The Morgan fingerprint density at radius 1 is 1.53 bits per heavy atom. The van der Waals surface area contributed by atoms with E-state index >= 15 is 0 Å². The molecule has 0 aliphatic heterocycles. The molecule has 0 aliphatic rings. The molecule has 3 nitrogen and oxygen atoms in total. The molecule has 4 heteroatoms. The summed E-state index contributed by atoms with van der Waals surface area (Å²) >= 11 is 1.65. The molecule has 0 aromatic heterocycles. The van der Waals surface area contributed by atoms with Gasteiger partial charge in [0, 0.05) is 6.07 Å². The van der Waals surface area contributed by atoms with Gasteiger partial charge in [-0.15, -0.1) is 11.8 Å². The van der Waals surface area contributed by atoms with Crippen molar-refractivity contribution in [2.24, 2.45) is 0 Å². The lowest BCUT2D eigenvalue weighted by Crippen LogP contribution is -1.94. The fraction of sp³-hybridized carbons (Fsp3) is 0.364. The highest BCUT2D eigenvalue weighted by atomic mass is 32.2. The minimum atomic E-state index is 0.0751. The van der Waals surface area contributed by atoms with Crippen molar-refractivity contribution < 1.29 is 9.84 Å². The van der Waals surface area contributed by atoms with Crippen LogP contribution in [0.2, 0.25) is 0 Å². The number of nitrogens with zero attached hydrogens (tertiary/aromatic N) is 1. The first-order chi connectivity index (χ1) is 7.27. The first-order valence-electron chi connectivity index (χ1n) is 4.71. The van der Waals surface area contributed by atoms with E-state index in [-0.39, 0.29) is 5.75 Å². The smallest absolute Gasteiger partial charge is 0.163 e. The van der Waals surface area contributed by atoms with Gasteiger partial charge >= 0.3 is 0 Å². The number of hydrogen-bond acceptors (Lipinski definition) is 4. The molecule has 0 atom stereocenters. The monoisotopic (exact) mass is 223 g/mol. The molecule has 15 heavy (non-hydrogen) atoms. The molecule has 0 fully saturated rings. The second kappa shape index (κ2) is 6.20. The molecule has 0 radical (unpaired) electrons. The van der Waals surface area contributed by atoms with Crippen LogP contribution in [0, 0.1) is 11.3 Å². The molecular weight excluding hydrogens is 210 g/mol. The van der Waals surface area contributed by atoms with Crippen LogP contribution >= 0.6 is 11.8 Å². The van der Waals surface area contributed by atoms with E-state index in [1.807, 2.05) is 6.07 Å². The molecular formula is C11H13NO2S. The van der Waals surface area contributed by atoms with Crippen molar-refractivity contribution >= 4 is 11.8 Å². The Morgan fingerprint density at radius 2 is 2.33 bits per heavy atom. The normalized spacial score (nSPS) is 9.60. The van der Waals surface area contributed by atoms with Gasteiger partial charge in [-0.3, -0.25) is 0 Å². The molecule has 0 saturated carbocycles. The Bertz CT molecular complexity index is 360. The highest BCUT2D eigenvalue weighted by Crippen LogP contribution is 2.27. The highest BCUT2D eigenvalue weighted by Gasteiger charge is 2.03. The number of ether oxygens (including phenoxy) is 1. The molecule has 0 bridgehead atoms. The Hall–Kier alpha value is -1.34. The molecule has 0 amide bonds. The van der Waals surface area contributed by atoms with E-state index in [4.69, 9.17) is 10.00 Å². The number of rotatable bonds is 5. The SMILES string of the molecule is CCCSCOc1cc(C#N)ccc1O. The van der Waals surface area contributed by atoms with Gasteiger partial charge in [-0.05, 0) is 24.3 Å². The Kier molecular flexibility index (Phi) is 4.85. The predicted octanol–water partition coefficient (Wildman–Crippen LogP) is 2.74. The first-order valence-corrected chi connectivity index (χ1v) is 5.87. The number of phenolic OH excluding ortho intramolecular Hbond substituents is 1. The van der Waals surface area contributed by atoms with E-state index in [0.717, 1.165) is 12.2 Å². The minimum Gasteiger partial charge on any atom is -0.504 e. The zero-order valence-electron chi connectivity index (χ0n) is 8.56. The van der Waals surface area contributed by atoms with Crippen molar-refractivity contribution in [2.45, 2.75) is 13.3 Å². The van der Waals surface area contributed by atoms with E-state index in [1.54, 1.807) is 23.9 Å². The topological polar surface area (TPSA) is 53.2 Å². The summed E-state index contributed by atoms with van der Waals surface area (Å²) in [5, 5.41) is 18.1. The fourth-order valence-corrected chi connectivity index (χ4v) is 1.62. The zero-order valence-corrected chi connectivity index (χ0v) is 9.38. The molecule has 0 saturated heterocycles. The summed E-state index contributed by atoms with van der Waals surface area (Å²) < 4.78 is 5.34. The van der Waals surface area contributed by atoms with Crippen LogP contribution in [-0.4, -0.2) is 16.8 Å². The Balaban J connectivity index is 2.56. The van der Waals surface area contributed by atoms with E-state index in [2.05, 4.69) is 6.92 Å². The van der Waals surface area contributed by atoms with Crippen molar-refractivity contribution in [3.05, 3.63) is 23.8 Å². The maximum absolute atomic E-state index is 9.44. The fourth-order valence-electron chi connectivity index (χ4n) is 1.01. The number of benzene rings is 1. The molecule has 1 aromatic carbocycles. The summed E-state index contributed by atoms with van der Waals surface area (Å²) in [7, 11) is 0. The molecule has 0 heterocycles. The summed E-state index contributed by atoms with van der Waals surface area (Å²) in [6.45, 7) is 2.10. The average Bonchev–Trinajstić information content (AvgIpc) is 2.26. The van der Waals surface area contributed by atoms with Crippen molar-refractivity contribution in [3.63, 3.8) is 0 Å². The average molecular weight is 223 g/mol. The Labute approximate surface area is 93.7 Å². The van der Waals surface area contributed by atoms with Gasteiger partial charge in [-0.2, -0.15) is 5.26 Å². The van der Waals surface area contributed by atoms with Gasteiger partial charge in [-0.25, -0.2) is 0 Å². The molecule has 0 unspecified atom stereocenters. The largest absolute Gasteiger partial charge is 0.504 e. The van der Waals surface area contributed by atoms with Gasteiger partial charge in [0.1, 0.15) is 5.94 Å². The van der Waals surface area contributed by atoms with Crippen molar-refractivity contribution in [1.29, 1.82) is 5.26 Å². The van der Waals surface area contributed by atoms with Gasteiger partial charge in [0.25, 0.3) is 0 Å². The molecule has 1 rings (SSSR count). The number of hydrogen-bond donors (Lipinski definition) is 1. The quantitative estimate of drug-likeness (QED) is 0.616. The van der Waals surface area contributed by atoms with Crippen molar-refractivity contribution in [3.8, 4) is 17.6 Å². The molecule has 1 aromatic rings. The standard InChI is InChI=1S/C11H13NO2S/c1-2-5-15-8-14-11-6-9(7-12)3-4-10(11)13/h3-4,6,13H,2,5,8H2,1H3. The van der Waals surface area contributed by atoms with Crippen LogP contribution in [0.25, 0.3) is 0 Å². The van der Waals surface area contributed by atoms with Crippen LogP contribution in [0.4, 0.5) is 0 Å². The van der Waals surface area contributed by atoms with E-state index in [9.17, 15) is 5.11 Å². The van der Waals surface area contributed by atoms with Crippen LogP contribution in [0.5, 0.6) is 11.5 Å². The maximum Gasteiger partial charge on any atom is 0.163 e. The molecule has 0 aliphatic carbocycles. The summed E-state index contributed by atoms with van der Waals surface area (Å²) in [4.78, 5) is 0. The molecule has 1 N–H and O–H groups in total. The lowest BCUT2D eigenvalue weighted by Gasteiger charge is -2.07. The van der Waals surface area contributed by atoms with Gasteiger partial charge in [0.2, 0.25) is 0 Å². The van der Waals surface area contributed by atoms with Gasteiger partial charge in [-0.1, -0.05) is 6.92 Å². The highest BCUT2D eigenvalue weighted by molar-refractivity contribution is 7.99. The number of aromatic hydroxyl groups is 1. The predicted molar refractivity (Wildman–Crippen MR) is 61.1 cm³/mol. The third kappa shape index (κ3) is 3.72. The van der Waals surface area contributed by atoms with Crippen molar-refractivity contribution in [2.75, 3.05) is 11.7 Å². The Morgan fingerprint density at radius 3 is 3.00 bits per heavy atom. The number of phenols is 1. The number of thioether (sulfide) groups is 1. The second-order valence-corrected chi connectivity index (χ2v) is 4.02. The maximum atomic E-state index is 9.44. The lowest BCUT2D eigenvalue weighted by molar-refractivity contribution is 0.358. The van der Waals surface area contributed by atoms with Gasteiger partial charge in [0.05, 0.1) is 11.6 Å². The van der Waals surface area contributed by atoms with Crippen LogP contribution in [0.15, 0.2) is 18.2 Å². The van der Waals surface area contributed by atoms with Gasteiger partial charge < -0.3 is 9.84 Å². The van der Waals surface area contributed by atoms with Crippen LogP contribution in [-0.2, 0) is 0 Å². The summed E-state index contributed by atoms with van der Waals surface area (Å²) in [5.41, 5.74) is 0.489. The zero-order chi connectivity index (χ0) is 11.1. The molecule has 0 spiro atoms. The van der Waals surface area contributed by atoms with Crippen LogP contribution in [0.1, 0.15) is 18.9 Å². The minimum absolute atomic E-state index is 0.0751. The van der Waals surface area contributed by atoms with Crippen LogP contribution in [0.3, 0.4) is 0 Å². The third-order valence-corrected chi connectivity index (χ3v) is 2.72. The van der Waals surface area contributed by atoms with Crippen LogP contribution < -0.4 is 4.74 Å². The van der Waals surface area contributed by atoms with E-state index in [0.29, 0.717) is 17.3 Å². The summed E-state index contributed by atoms with van der Waals surface area (Å²) in [6.07, 6.45) is 1.10. The van der Waals surface area contributed by atoms with Gasteiger partial charge in [0.15, 0.2) is 11.5 Å². The molecule has 80 valence electrons. The van der Waals surface area contributed by atoms with E-state index < -0.39 is 0 Å². The lowest BCUT2D eigenvalue weighted by atomic mass is 10.2. The van der Waals surface area contributed by atoms with E-state index in [1.165, 1.54) is 6.07 Å². The second-order valence-electron chi connectivity index (χ2n) is 2.96. The number of nitriles is 1.